The molecule has 0 aliphatic rings. The molecule has 112 valence electrons. The van der Waals surface area contributed by atoms with Crippen molar-refractivity contribution >= 4 is 17.7 Å². The second-order valence-corrected chi connectivity index (χ2v) is 5.54. The summed E-state index contributed by atoms with van der Waals surface area (Å²) in [5, 5.41) is 7.57. The van der Waals surface area contributed by atoms with Crippen molar-refractivity contribution in [2.75, 3.05) is 12.3 Å². The van der Waals surface area contributed by atoms with Crippen LogP contribution in [0.3, 0.4) is 0 Å². The van der Waals surface area contributed by atoms with Crippen LogP contribution in [0.1, 0.15) is 25.2 Å². The van der Waals surface area contributed by atoms with Gasteiger partial charge in [-0.1, -0.05) is 49.0 Å². The third-order valence-corrected chi connectivity index (χ3v) is 3.95. The lowest BCUT2D eigenvalue weighted by Gasteiger charge is -2.20. The standard InChI is InChI=1S/C15H20N4OS/c1-3-13-16-15(18-17-13)21-11-14(20)19(4-2)10-12-8-6-5-7-9-12/h5-9H,3-4,10-11H2,1-2H3,(H,16,17,18). The number of nitrogens with one attached hydrogen (secondary N) is 1. The first-order valence-corrected chi connectivity index (χ1v) is 8.07. The van der Waals surface area contributed by atoms with Gasteiger partial charge < -0.3 is 4.90 Å². The SMILES string of the molecule is CCc1nc(SCC(=O)N(CC)Cc2ccccc2)n[nH]1. The number of aromatic amines is 1. The van der Waals surface area contributed by atoms with Crippen molar-refractivity contribution in [3.63, 3.8) is 0 Å². The molecule has 0 unspecified atom stereocenters. The molecule has 0 atom stereocenters. The van der Waals surface area contributed by atoms with Gasteiger partial charge in [-0.25, -0.2) is 4.98 Å². The predicted octanol–water partition coefficient (Wildman–Crippen LogP) is 2.51. The molecule has 21 heavy (non-hydrogen) atoms. The number of nitrogens with zero attached hydrogens (tertiary/aromatic N) is 3. The van der Waals surface area contributed by atoms with E-state index in [0.29, 0.717) is 24.0 Å². The highest BCUT2D eigenvalue weighted by atomic mass is 32.2. The summed E-state index contributed by atoms with van der Waals surface area (Å²) >= 11 is 1.37. The van der Waals surface area contributed by atoms with Crippen LogP contribution in [0.15, 0.2) is 35.5 Å². The number of amides is 1. The first kappa shape index (κ1) is 15.6. The molecule has 1 N–H and O–H groups in total. The van der Waals surface area contributed by atoms with E-state index in [1.54, 1.807) is 0 Å². The molecule has 0 saturated carbocycles. The maximum atomic E-state index is 12.3. The lowest BCUT2D eigenvalue weighted by atomic mass is 10.2. The summed E-state index contributed by atoms with van der Waals surface area (Å²) in [5.41, 5.74) is 1.14. The minimum atomic E-state index is 0.106. The maximum Gasteiger partial charge on any atom is 0.233 e. The monoisotopic (exact) mass is 304 g/mol. The van der Waals surface area contributed by atoms with Crippen molar-refractivity contribution in [1.29, 1.82) is 0 Å². The Labute approximate surface area is 129 Å². The third kappa shape index (κ3) is 4.60. The molecular weight excluding hydrogens is 284 g/mol. The molecule has 0 saturated heterocycles. The lowest BCUT2D eigenvalue weighted by Crippen LogP contribution is -2.31. The Kier molecular flexibility index (Phi) is 5.80. The van der Waals surface area contributed by atoms with Gasteiger partial charge in [0.25, 0.3) is 0 Å². The first-order chi connectivity index (χ1) is 10.2. The van der Waals surface area contributed by atoms with Gasteiger partial charge in [0.1, 0.15) is 5.82 Å². The summed E-state index contributed by atoms with van der Waals surface area (Å²) < 4.78 is 0. The fourth-order valence-electron chi connectivity index (χ4n) is 1.90. The average molecular weight is 304 g/mol. The Morgan fingerprint density at radius 1 is 1.29 bits per heavy atom. The average Bonchev–Trinajstić information content (AvgIpc) is 2.99. The molecule has 0 aliphatic heterocycles. The highest BCUT2D eigenvalue weighted by Gasteiger charge is 2.14. The number of hydrogen-bond donors (Lipinski definition) is 1. The van der Waals surface area contributed by atoms with E-state index < -0.39 is 0 Å². The van der Waals surface area contributed by atoms with E-state index >= 15 is 0 Å². The number of carbonyl (C=O) groups excluding carboxylic acids is 1. The minimum absolute atomic E-state index is 0.106. The molecule has 2 aromatic rings. The molecular formula is C15H20N4OS. The summed E-state index contributed by atoms with van der Waals surface area (Å²) in [6.07, 6.45) is 0.816. The molecule has 1 aromatic heterocycles. The molecule has 1 amide bonds. The Morgan fingerprint density at radius 2 is 2.05 bits per heavy atom. The number of aromatic nitrogens is 3. The lowest BCUT2D eigenvalue weighted by molar-refractivity contribution is -0.128. The Bertz CT molecular complexity index is 570. The van der Waals surface area contributed by atoms with Gasteiger partial charge >= 0.3 is 0 Å². The third-order valence-electron chi connectivity index (χ3n) is 3.12. The topological polar surface area (TPSA) is 61.9 Å². The van der Waals surface area contributed by atoms with Gasteiger partial charge in [0.2, 0.25) is 11.1 Å². The summed E-state index contributed by atoms with van der Waals surface area (Å²) in [6.45, 7) is 5.35. The predicted molar refractivity (Wildman–Crippen MR) is 84.0 cm³/mol. The van der Waals surface area contributed by atoms with Gasteiger partial charge in [0, 0.05) is 19.5 Å². The quantitative estimate of drug-likeness (QED) is 0.798. The van der Waals surface area contributed by atoms with Crippen LogP contribution in [0.4, 0.5) is 0 Å². The van der Waals surface area contributed by atoms with E-state index in [-0.39, 0.29) is 5.91 Å². The molecule has 1 heterocycles. The Hall–Kier alpha value is -1.82. The summed E-state index contributed by atoms with van der Waals surface area (Å²) in [6, 6.07) is 10.0. The Morgan fingerprint density at radius 3 is 2.67 bits per heavy atom. The summed E-state index contributed by atoms with van der Waals surface area (Å²) in [7, 11) is 0. The van der Waals surface area contributed by atoms with Crippen molar-refractivity contribution in [3.8, 4) is 0 Å². The van der Waals surface area contributed by atoms with Crippen LogP contribution in [0, 0.1) is 0 Å². The second kappa shape index (κ2) is 7.83. The van der Waals surface area contributed by atoms with E-state index in [4.69, 9.17) is 0 Å². The summed E-state index contributed by atoms with van der Waals surface area (Å²) in [5.74, 6) is 1.32. The minimum Gasteiger partial charge on any atom is -0.338 e. The highest BCUT2D eigenvalue weighted by molar-refractivity contribution is 7.99. The van der Waals surface area contributed by atoms with E-state index in [2.05, 4.69) is 15.2 Å². The van der Waals surface area contributed by atoms with E-state index in [1.165, 1.54) is 11.8 Å². The van der Waals surface area contributed by atoms with Gasteiger partial charge in [0.15, 0.2) is 0 Å². The van der Waals surface area contributed by atoms with E-state index in [9.17, 15) is 4.79 Å². The van der Waals surface area contributed by atoms with Gasteiger partial charge in [-0.3, -0.25) is 9.89 Å². The maximum absolute atomic E-state index is 12.3. The molecule has 0 fully saturated rings. The smallest absolute Gasteiger partial charge is 0.233 e. The number of carbonyl (C=O) groups is 1. The van der Waals surface area contributed by atoms with Crippen LogP contribution in [0.25, 0.3) is 0 Å². The first-order valence-electron chi connectivity index (χ1n) is 7.08. The Balaban J connectivity index is 1.88. The number of H-pyrrole nitrogens is 1. The van der Waals surface area contributed by atoms with E-state index in [1.807, 2.05) is 49.1 Å². The van der Waals surface area contributed by atoms with Crippen LogP contribution in [0.2, 0.25) is 0 Å². The van der Waals surface area contributed by atoms with Gasteiger partial charge in [-0.05, 0) is 12.5 Å². The van der Waals surface area contributed by atoms with Crippen LogP contribution in [-0.4, -0.2) is 38.3 Å². The molecule has 5 nitrogen and oxygen atoms in total. The molecule has 2 rings (SSSR count). The zero-order valence-electron chi connectivity index (χ0n) is 12.4. The van der Waals surface area contributed by atoms with Crippen LogP contribution in [-0.2, 0) is 17.8 Å². The van der Waals surface area contributed by atoms with Crippen molar-refractivity contribution < 1.29 is 4.79 Å². The largest absolute Gasteiger partial charge is 0.338 e. The number of benzene rings is 1. The van der Waals surface area contributed by atoms with Crippen molar-refractivity contribution in [2.45, 2.75) is 32.0 Å². The number of thioether (sulfide) groups is 1. The van der Waals surface area contributed by atoms with Crippen LogP contribution >= 0.6 is 11.8 Å². The molecule has 0 spiro atoms. The van der Waals surface area contributed by atoms with Crippen molar-refractivity contribution in [3.05, 3.63) is 41.7 Å². The highest BCUT2D eigenvalue weighted by Crippen LogP contribution is 2.14. The van der Waals surface area contributed by atoms with E-state index in [0.717, 1.165) is 17.8 Å². The summed E-state index contributed by atoms with van der Waals surface area (Å²) in [4.78, 5) is 18.4. The molecule has 0 aliphatic carbocycles. The fourth-order valence-corrected chi connectivity index (χ4v) is 2.62. The molecule has 0 bridgehead atoms. The molecule has 6 heteroatoms. The van der Waals surface area contributed by atoms with Crippen LogP contribution in [0.5, 0.6) is 0 Å². The van der Waals surface area contributed by atoms with Crippen molar-refractivity contribution in [1.82, 2.24) is 20.1 Å². The number of aryl methyl sites for hydroxylation is 1. The van der Waals surface area contributed by atoms with Gasteiger partial charge in [-0.2, -0.15) is 0 Å². The van der Waals surface area contributed by atoms with Crippen molar-refractivity contribution in [2.24, 2.45) is 0 Å². The van der Waals surface area contributed by atoms with Gasteiger partial charge in [0.05, 0.1) is 5.75 Å². The number of rotatable bonds is 7. The zero-order chi connectivity index (χ0) is 15.1. The number of hydrogen-bond acceptors (Lipinski definition) is 4. The van der Waals surface area contributed by atoms with Gasteiger partial charge in [-0.15, -0.1) is 5.10 Å². The zero-order valence-corrected chi connectivity index (χ0v) is 13.2. The normalized spacial score (nSPS) is 10.6. The fraction of sp³-hybridized carbons (Fsp3) is 0.400. The second-order valence-electron chi connectivity index (χ2n) is 4.60. The molecule has 1 aromatic carbocycles. The van der Waals surface area contributed by atoms with Crippen LogP contribution < -0.4 is 0 Å². The molecule has 0 radical (unpaired) electrons.